The molecule has 104 valence electrons. The topological polar surface area (TPSA) is 35.2 Å². The third kappa shape index (κ3) is 2.87. The van der Waals surface area contributed by atoms with Gasteiger partial charge in [-0.15, -0.1) is 11.8 Å². The molecule has 0 bridgehead atoms. The summed E-state index contributed by atoms with van der Waals surface area (Å²) in [6.07, 6.45) is 4.94. The van der Waals surface area contributed by atoms with E-state index in [-0.39, 0.29) is 4.75 Å². The van der Waals surface area contributed by atoms with E-state index in [4.69, 9.17) is 10.5 Å². The van der Waals surface area contributed by atoms with Crippen molar-refractivity contribution in [1.82, 2.24) is 0 Å². The third-order valence-electron chi connectivity index (χ3n) is 4.47. The van der Waals surface area contributed by atoms with Gasteiger partial charge in [0.1, 0.15) is 0 Å². The summed E-state index contributed by atoms with van der Waals surface area (Å²) < 4.78 is 6.88. The molecule has 0 unspecified atom stereocenters. The molecule has 1 aromatic carbocycles. The zero-order chi connectivity index (χ0) is 13.3. The van der Waals surface area contributed by atoms with E-state index in [2.05, 4.69) is 40.2 Å². The number of hydrogen-bond donors (Lipinski definition) is 1. The second-order valence-electron chi connectivity index (χ2n) is 5.91. The minimum atomic E-state index is 0.255. The molecular weight excluding hydrogens is 322 g/mol. The van der Waals surface area contributed by atoms with Gasteiger partial charge in [0, 0.05) is 33.9 Å². The lowest BCUT2D eigenvalue weighted by Gasteiger charge is -2.57. The van der Waals surface area contributed by atoms with Crippen LogP contribution in [0.2, 0.25) is 0 Å². The summed E-state index contributed by atoms with van der Waals surface area (Å²) in [4.78, 5) is 1.33. The lowest BCUT2D eigenvalue weighted by atomic mass is 9.57. The normalized spacial score (nSPS) is 24.1. The van der Waals surface area contributed by atoms with Crippen LogP contribution in [0.4, 0.5) is 0 Å². The van der Waals surface area contributed by atoms with Crippen LogP contribution in [0.15, 0.2) is 33.6 Å². The van der Waals surface area contributed by atoms with E-state index in [1.807, 2.05) is 11.8 Å². The van der Waals surface area contributed by atoms with Gasteiger partial charge in [0.2, 0.25) is 0 Å². The van der Waals surface area contributed by atoms with E-state index in [0.29, 0.717) is 5.41 Å². The molecule has 19 heavy (non-hydrogen) atoms. The fraction of sp³-hybridized carbons (Fsp3) is 0.600. The highest BCUT2D eigenvalue weighted by Crippen LogP contribution is 2.61. The Bertz CT molecular complexity index is 434. The van der Waals surface area contributed by atoms with E-state index >= 15 is 0 Å². The van der Waals surface area contributed by atoms with E-state index < -0.39 is 0 Å². The Hall–Kier alpha value is -0.0300. The average Bonchev–Trinajstić information content (AvgIpc) is 2.40. The fourth-order valence-electron chi connectivity index (χ4n) is 3.48. The molecule has 0 radical (unpaired) electrons. The van der Waals surface area contributed by atoms with Crippen molar-refractivity contribution >= 4 is 27.7 Å². The van der Waals surface area contributed by atoms with Crippen LogP contribution in [0.1, 0.15) is 25.7 Å². The van der Waals surface area contributed by atoms with Crippen LogP contribution in [0.3, 0.4) is 0 Å². The molecule has 0 atom stereocenters. The van der Waals surface area contributed by atoms with Crippen LogP contribution >= 0.6 is 27.7 Å². The van der Waals surface area contributed by atoms with Gasteiger partial charge in [0.05, 0.1) is 0 Å². The number of rotatable bonds is 3. The second-order valence-corrected chi connectivity index (χ2v) is 8.37. The first-order valence-corrected chi connectivity index (χ1v) is 8.49. The van der Waals surface area contributed by atoms with Gasteiger partial charge in [0.25, 0.3) is 0 Å². The van der Waals surface area contributed by atoms with Crippen LogP contribution < -0.4 is 5.73 Å². The SMILES string of the molecule is NCC1(Sc2ccc(Br)cc2)CC2(CCOCC2)C1. The first kappa shape index (κ1) is 13.9. The molecule has 1 spiro atoms. The maximum Gasteiger partial charge on any atom is 0.0471 e. The van der Waals surface area contributed by atoms with E-state index in [0.717, 1.165) is 24.2 Å². The van der Waals surface area contributed by atoms with Crippen molar-refractivity contribution in [3.05, 3.63) is 28.7 Å². The summed E-state index contributed by atoms with van der Waals surface area (Å²) >= 11 is 5.45. The molecule has 1 aliphatic heterocycles. The number of nitrogens with two attached hydrogens (primary N) is 1. The highest BCUT2D eigenvalue weighted by Gasteiger charge is 2.54. The highest BCUT2D eigenvalue weighted by molar-refractivity contribution is 9.10. The predicted octanol–water partition coefficient (Wildman–Crippen LogP) is 3.83. The fourth-order valence-corrected chi connectivity index (χ4v) is 5.36. The summed E-state index contributed by atoms with van der Waals surface area (Å²) in [5.74, 6) is 0. The van der Waals surface area contributed by atoms with Crippen molar-refractivity contribution in [3.63, 3.8) is 0 Å². The van der Waals surface area contributed by atoms with Crippen LogP contribution in [-0.2, 0) is 4.74 Å². The molecule has 1 saturated heterocycles. The molecule has 2 nitrogen and oxygen atoms in total. The number of hydrogen-bond acceptors (Lipinski definition) is 3. The third-order valence-corrected chi connectivity index (χ3v) is 6.39. The van der Waals surface area contributed by atoms with Crippen molar-refractivity contribution in [2.24, 2.45) is 11.1 Å². The molecule has 3 rings (SSSR count). The molecule has 2 fully saturated rings. The number of halogens is 1. The monoisotopic (exact) mass is 341 g/mol. The van der Waals surface area contributed by atoms with Gasteiger partial charge >= 0.3 is 0 Å². The van der Waals surface area contributed by atoms with Gasteiger partial charge in [-0.1, -0.05) is 15.9 Å². The molecule has 1 heterocycles. The lowest BCUT2D eigenvalue weighted by molar-refractivity contribution is -0.0451. The largest absolute Gasteiger partial charge is 0.381 e. The molecule has 1 aliphatic carbocycles. The van der Waals surface area contributed by atoms with Gasteiger partial charge in [-0.25, -0.2) is 0 Å². The average molecular weight is 342 g/mol. The lowest BCUT2D eigenvalue weighted by Crippen LogP contribution is -2.55. The van der Waals surface area contributed by atoms with Crippen molar-refractivity contribution in [1.29, 1.82) is 0 Å². The van der Waals surface area contributed by atoms with Gasteiger partial charge in [0.15, 0.2) is 0 Å². The summed E-state index contributed by atoms with van der Waals surface area (Å²) in [7, 11) is 0. The number of thioether (sulfide) groups is 1. The predicted molar refractivity (Wildman–Crippen MR) is 83.5 cm³/mol. The van der Waals surface area contributed by atoms with E-state index in [9.17, 15) is 0 Å². The Morgan fingerprint density at radius 2 is 1.79 bits per heavy atom. The molecular formula is C15H20BrNOS. The molecule has 4 heteroatoms. The number of benzene rings is 1. The summed E-state index contributed by atoms with van der Waals surface area (Å²) in [5, 5.41) is 0. The minimum Gasteiger partial charge on any atom is -0.381 e. The van der Waals surface area contributed by atoms with Gasteiger partial charge in [-0.05, 0) is 55.4 Å². The van der Waals surface area contributed by atoms with Crippen molar-refractivity contribution in [2.45, 2.75) is 35.3 Å². The Labute approximate surface area is 127 Å². The Balaban J connectivity index is 1.67. The van der Waals surface area contributed by atoms with Crippen molar-refractivity contribution in [3.8, 4) is 0 Å². The Morgan fingerprint density at radius 1 is 1.16 bits per heavy atom. The second kappa shape index (κ2) is 5.40. The molecule has 1 aromatic rings. The quantitative estimate of drug-likeness (QED) is 0.907. The summed E-state index contributed by atoms with van der Waals surface area (Å²) in [5.41, 5.74) is 6.60. The van der Waals surface area contributed by atoms with Crippen LogP contribution in [-0.4, -0.2) is 24.5 Å². The maximum absolute atomic E-state index is 6.08. The van der Waals surface area contributed by atoms with Crippen LogP contribution in [0.5, 0.6) is 0 Å². The van der Waals surface area contributed by atoms with Crippen molar-refractivity contribution < 1.29 is 4.74 Å². The van der Waals surface area contributed by atoms with E-state index in [1.54, 1.807) is 0 Å². The zero-order valence-electron chi connectivity index (χ0n) is 11.0. The molecule has 2 aliphatic rings. The summed E-state index contributed by atoms with van der Waals surface area (Å²) in [6, 6.07) is 8.58. The first-order chi connectivity index (χ1) is 9.15. The summed E-state index contributed by atoms with van der Waals surface area (Å²) in [6.45, 7) is 2.64. The smallest absolute Gasteiger partial charge is 0.0471 e. The molecule has 1 saturated carbocycles. The van der Waals surface area contributed by atoms with Crippen LogP contribution in [0.25, 0.3) is 0 Å². The first-order valence-electron chi connectivity index (χ1n) is 6.88. The van der Waals surface area contributed by atoms with E-state index in [1.165, 1.54) is 30.6 Å². The molecule has 0 amide bonds. The highest BCUT2D eigenvalue weighted by atomic mass is 79.9. The number of ether oxygens (including phenoxy) is 1. The molecule has 2 N–H and O–H groups in total. The van der Waals surface area contributed by atoms with Gasteiger partial charge < -0.3 is 10.5 Å². The van der Waals surface area contributed by atoms with Gasteiger partial charge in [-0.3, -0.25) is 0 Å². The maximum atomic E-state index is 6.08. The molecule has 0 aromatic heterocycles. The van der Waals surface area contributed by atoms with Crippen molar-refractivity contribution in [2.75, 3.05) is 19.8 Å². The Morgan fingerprint density at radius 3 is 2.37 bits per heavy atom. The van der Waals surface area contributed by atoms with Crippen LogP contribution in [0, 0.1) is 5.41 Å². The Kier molecular flexibility index (Phi) is 3.96. The standard InChI is InChI=1S/C15H20BrNOS/c16-12-1-3-13(4-2-12)19-15(11-17)9-14(10-15)5-7-18-8-6-14/h1-4H,5-11,17H2. The van der Waals surface area contributed by atoms with Gasteiger partial charge in [-0.2, -0.15) is 0 Å². The minimum absolute atomic E-state index is 0.255. The zero-order valence-corrected chi connectivity index (χ0v) is 13.4.